The summed E-state index contributed by atoms with van der Waals surface area (Å²) in [5, 5.41) is 2.85. The van der Waals surface area contributed by atoms with Crippen LogP contribution in [0.4, 0.5) is 15.8 Å². The van der Waals surface area contributed by atoms with Crippen molar-refractivity contribution in [2.45, 2.75) is 30.7 Å². The Morgan fingerprint density at radius 1 is 0.971 bits per heavy atom. The van der Waals surface area contributed by atoms with Gasteiger partial charge in [-0.3, -0.25) is 9.10 Å². The maximum Gasteiger partial charge on any atom is 0.264 e. The van der Waals surface area contributed by atoms with Gasteiger partial charge in [0.25, 0.3) is 10.0 Å². The van der Waals surface area contributed by atoms with Gasteiger partial charge in [0, 0.05) is 18.8 Å². The number of sulfonamides is 1. The Morgan fingerprint density at radius 2 is 1.59 bits per heavy atom. The van der Waals surface area contributed by atoms with E-state index in [2.05, 4.69) is 10.2 Å². The third-order valence-electron chi connectivity index (χ3n) is 5.98. The molecule has 1 heterocycles. The molecule has 1 amide bonds. The first-order chi connectivity index (χ1) is 16.4. The van der Waals surface area contributed by atoms with Crippen molar-refractivity contribution in [1.29, 1.82) is 0 Å². The van der Waals surface area contributed by atoms with E-state index in [4.69, 9.17) is 0 Å². The molecule has 3 aromatic carbocycles. The number of benzene rings is 3. The fourth-order valence-electron chi connectivity index (χ4n) is 4.12. The van der Waals surface area contributed by atoms with Crippen molar-refractivity contribution in [2.75, 3.05) is 28.8 Å². The first-order valence-corrected chi connectivity index (χ1v) is 12.8. The highest BCUT2D eigenvalue weighted by molar-refractivity contribution is 7.92. The molecule has 1 fully saturated rings. The maximum absolute atomic E-state index is 14.6. The molecule has 1 N–H and O–H groups in total. The highest BCUT2D eigenvalue weighted by Crippen LogP contribution is 2.27. The van der Waals surface area contributed by atoms with E-state index in [1.807, 2.05) is 31.2 Å². The number of carbonyl (C=O) groups excluding carboxylic acids is 1. The number of rotatable bonds is 8. The molecule has 6 nitrogen and oxygen atoms in total. The predicted molar refractivity (Wildman–Crippen MR) is 132 cm³/mol. The second kappa shape index (κ2) is 10.3. The van der Waals surface area contributed by atoms with Gasteiger partial charge >= 0.3 is 0 Å². The summed E-state index contributed by atoms with van der Waals surface area (Å²) in [6, 6.07) is 20.9. The van der Waals surface area contributed by atoms with E-state index in [0.717, 1.165) is 28.6 Å². The molecule has 0 spiro atoms. The van der Waals surface area contributed by atoms with Crippen LogP contribution in [0, 0.1) is 5.82 Å². The summed E-state index contributed by atoms with van der Waals surface area (Å²) in [4.78, 5) is 15.2. The van der Waals surface area contributed by atoms with Crippen molar-refractivity contribution in [1.82, 2.24) is 5.32 Å². The van der Waals surface area contributed by atoms with Crippen LogP contribution in [-0.2, 0) is 14.8 Å². The second-order valence-electron chi connectivity index (χ2n) is 8.35. The van der Waals surface area contributed by atoms with Gasteiger partial charge in [-0.15, -0.1) is 0 Å². The number of carbonyl (C=O) groups is 1. The molecule has 1 unspecified atom stereocenters. The lowest BCUT2D eigenvalue weighted by atomic mass is 10.1. The monoisotopic (exact) mass is 481 g/mol. The summed E-state index contributed by atoms with van der Waals surface area (Å²) < 4.78 is 42.0. The summed E-state index contributed by atoms with van der Waals surface area (Å²) in [6.07, 6.45) is 2.39. The Kier molecular flexibility index (Phi) is 7.17. The standard InChI is InChI=1S/C26H28FN3O3S/c1-20(21-13-15-22(16-14-21)29-17-7-8-18-29)28-26(31)19-30(25-12-6-5-11-24(25)27)34(32,33)23-9-3-2-4-10-23/h2-6,9-16,20H,7-8,17-19H2,1H3,(H,28,31). The van der Waals surface area contributed by atoms with Gasteiger partial charge in [-0.1, -0.05) is 42.5 Å². The average Bonchev–Trinajstić information content (AvgIpc) is 3.39. The van der Waals surface area contributed by atoms with Crippen molar-refractivity contribution in [3.8, 4) is 0 Å². The number of hydrogen-bond donors (Lipinski definition) is 1. The summed E-state index contributed by atoms with van der Waals surface area (Å²) in [7, 11) is -4.16. The van der Waals surface area contributed by atoms with Crippen molar-refractivity contribution < 1.29 is 17.6 Å². The third-order valence-corrected chi connectivity index (χ3v) is 7.76. The summed E-state index contributed by atoms with van der Waals surface area (Å²) in [5.74, 6) is -1.25. The fourth-order valence-corrected chi connectivity index (χ4v) is 5.57. The van der Waals surface area contributed by atoms with E-state index in [1.54, 1.807) is 18.2 Å². The van der Waals surface area contributed by atoms with Crippen LogP contribution in [0.5, 0.6) is 0 Å². The molecule has 8 heteroatoms. The molecule has 0 radical (unpaired) electrons. The molecule has 34 heavy (non-hydrogen) atoms. The Bertz CT molecular complexity index is 1230. The van der Waals surface area contributed by atoms with E-state index in [1.165, 1.54) is 49.2 Å². The van der Waals surface area contributed by atoms with Gasteiger partial charge < -0.3 is 10.2 Å². The first kappa shape index (κ1) is 23.8. The van der Waals surface area contributed by atoms with Gasteiger partial charge in [0.05, 0.1) is 16.6 Å². The van der Waals surface area contributed by atoms with Gasteiger partial charge in [0.1, 0.15) is 12.4 Å². The van der Waals surface area contributed by atoms with Crippen LogP contribution < -0.4 is 14.5 Å². The van der Waals surface area contributed by atoms with E-state index >= 15 is 0 Å². The van der Waals surface area contributed by atoms with Crippen LogP contribution in [0.2, 0.25) is 0 Å². The number of amides is 1. The van der Waals surface area contributed by atoms with Crippen LogP contribution in [0.1, 0.15) is 31.4 Å². The van der Waals surface area contributed by atoms with Crippen LogP contribution in [0.25, 0.3) is 0 Å². The zero-order valence-corrected chi connectivity index (χ0v) is 19.8. The first-order valence-electron chi connectivity index (χ1n) is 11.3. The molecule has 0 aliphatic carbocycles. The smallest absolute Gasteiger partial charge is 0.264 e. The van der Waals surface area contributed by atoms with Gasteiger partial charge in [0.2, 0.25) is 5.91 Å². The fraction of sp³-hybridized carbons (Fsp3) is 0.269. The van der Waals surface area contributed by atoms with Crippen molar-refractivity contribution >= 4 is 27.3 Å². The second-order valence-corrected chi connectivity index (χ2v) is 10.2. The molecule has 0 aromatic heterocycles. The molecule has 4 rings (SSSR count). The number of hydrogen-bond acceptors (Lipinski definition) is 4. The van der Waals surface area contributed by atoms with Gasteiger partial charge in [-0.2, -0.15) is 0 Å². The molecule has 1 saturated heterocycles. The zero-order chi connectivity index (χ0) is 24.1. The molecular formula is C26H28FN3O3S. The number of anilines is 2. The number of para-hydroxylation sites is 1. The molecular weight excluding hydrogens is 453 g/mol. The number of nitrogens with one attached hydrogen (secondary N) is 1. The van der Waals surface area contributed by atoms with Crippen LogP contribution in [-0.4, -0.2) is 34.0 Å². The lowest BCUT2D eigenvalue weighted by molar-refractivity contribution is -0.120. The van der Waals surface area contributed by atoms with Crippen molar-refractivity contribution in [3.63, 3.8) is 0 Å². The Hall–Kier alpha value is -3.39. The molecule has 3 aromatic rings. The van der Waals surface area contributed by atoms with Crippen LogP contribution >= 0.6 is 0 Å². The highest BCUT2D eigenvalue weighted by atomic mass is 32.2. The van der Waals surface area contributed by atoms with Crippen LogP contribution in [0.3, 0.4) is 0 Å². The average molecular weight is 482 g/mol. The largest absolute Gasteiger partial charge is 0.372 e. The summed E-state index contributed by atoms with van der Waals surface area (Å²) in [6.45, 7) is 3.39. The third kappa shape index (κ3) is 5.22. The minimum Gasteiger partial charge on any atom is -0.372 e. The summed E-state index contributed by atoms with van der Waals surface area (Å²) >= 11 is 0. The Labute approximate surface area is 200 Å². The lowest BCUT2D eigenvalue weighted by Crippen LogP contribution is -2.42. The molecule has 1 aliphatic heterocycles. The van der Waals surface area contributed by atoms with E-state index in [0.29, 0.717) is 0 Å². The minimum absolute atomic E-state index is 0.0170. The molecule has 0 bridgehead atoms. The Morgan fingerprint density at radius 3 is 2.24 bits per heavy atom. The number of halogens is 1. The normalized spacial score (nSPS) is 14.6. The van der Waals surface area contributed by atoms with Crippen LogP contribution in [0.15, 0.2) is 83.8 Å². The zero-order valence-electron chi connectivity index (χ0n) is 19.0. The molecule has 0 saturated carbocycles. The topological polar surface area (TPSA) is 69.7 Å². The number of nitrogens with zero attached hydrogens (tertiary/aromatic N) is 2. The summed E-state index contributed by atoms with van der Waals surface area (Å²) in [5.41, 5.74) is 1.88. The quantitative estimate of drug-likeness (QED) is 0.514. The van der Waals surface area contributed by atoms with E-state index < -0.39 is 28.3 Å². The lowest BCUT2D eigenvalue weighted by Gasteiger charge is -2.25. The highest BCUT2D eigenvalue weighted by Gasteiger charge is 2.29. The van der Waals surface area contributed by atoms with E-state index in [9.17, 15) is 17.6 Å². The minimum atomic E-state index is -4.16. The molecule has 1 aliphatic rings. The van der Waals surface area contributed by atoms with Crippen molar-refractivity contribution in [2.24, 2.45) is 0 Å². The van der Waals surface area contributed by atoms with Gasteiger partial charge in [0.15, 0.2) is 0 Å². The predicted octanol–water partition coefficient (Wildman–Crippen LogP) is 4.50. The van der Waals surface area contributed by atoms with E-state index in [-0.39, 0.29) is 16.6 Å². The van der Waals surface area contributed by atoms with Gasteiger partial charge in [-0.25, -0.2) is 12.8 Å². The maximum atomic E-state index is 14.6. The molecule has 1 atom stereocenters. The van der Waals surface area contributed by atoms with Gasteiger partial charge in [-0.05, 0) is 61.7 Å². The van der Waals surface area contributed by atoms with Crippen molar-refractivity contribution in [3.05, 3.63) is 90.2 Å². The molecule has 178 valence electrons. The SMILES string of the molecule is CC(NC(=O)CN(c1ccccc1F)S(=O)(=O)c1ccccc1)c1ccc(N2CCCC2)cc1. The Balaban J connectivity index is 1.52.